The van der Waals surface area contributed by atoms with Crippen LogP contribution in [0.15, 0.2) is 24.3 Å². The minimum absolute atomic E-state index is 0.0279. The summed E-state index contributed by atoms with van der Waals surface area (Å²) < 4.78 is 16.9. The van der Waals surface area contributed by atoms with E-state index in [4.69, 9.17) is 14.2 Å². The largest absolute Gasteiger partial charge is 0.491 e. The molecule has 162 valence electrons. The summed E-state index contributed by atoms with van der Waals surface area (Å²) in [5.41, 5.74) is 0.666. The van der Waals surface area contributed by atoms with Crippen LogP contribution in [0.25, 0.3) is 0 Å². The van der Waals surface area contributed by atoms with Gasteiger partial charge in [-0.2, -0.15) is 0 Å². The number of morpholine rings is 1. The van der Waals surface area contributed by atoms with Gasteiger partial charge in [0, 0.05) is 37.8 Å². The third kappa shape index (κ3) is 6.43. The van der Waals surface area contributed by atoms with Gasteiger partial charge in [0.25, 0.3) is 5.91 Å². The van der Waals surface area contributed by atoms with E-state index in [9.17, 15) is 4.79 Å². The van der Waals surface area contributed by atoms with Crippen molar-refractivity contribution in [2.75, 3.05) is 46.1 Å². The SMILES string of the molecule is CCC(CC)C(CNC(=O)c1ccc(OCC2CCCO2)cc1)N1CCOCC1. The lowest BCUT2D eigenvalue weighted by molar-refractivity contribution is 0.00191. The summed E-state index contributed by atoms with van der Waals surface area (Å²) in [7, 11) is 0. The Morgan fingerprint density at radius 1 is 1.17 bits per heavy atom. The number of hydrogen-bond donors (Lipinski definition) is 1. The molecule has 1 N–H and O–H groups in total. The molecule has 2 saturated heterocycles. The van der Waals surface area contributed by atoms with Gasteiger partial charge in [0.2, 0.25) is 0 Å². The molecule has 2 unspecified atom stereocenters. The van der Waals surface area contributed by atoms with Gasteiger partial charge < -0.3 is 19.5 Å². The van der Waals surface area contributed by atoms with Crippen LogP contribution in [0.1, 0.15) is 49.9 Å². The second-order valence-corrected chi connectivity index (χ2v) is 7.97. The Balaban J connectivity index is 1.51. The molecule has 0 aliphatic carbocycles. The zero-order valence-corrected chi connectivity index (χ0v) is 17.9. The zero-order chi connectivity index (χ0) is 20.5. The lowest BCUT2D eigenvalue weighted by Crippen LogP contribution is -2.52. The first-order valence-electron chi connectivity index (χ1n) is 11.2. The van der Waals surface area contributed by atoms with Gasteiger partial charge in [0.05, 0.1) is 19.3 Å². The molecule has 6 heteroatoms. The highest BCUT2D eigenvalue weighted by atomic mass is 16.5. The first-order valence-corrected chi connectivity index (χ1v) is 11.2. The van der Waals surface area contributed by atoms with Gasteiger partial charge in [-0.05, 0) is 43.0 Å². The van der Waals surface area contributed by atoms with Crippen molar-refractivity contribution in [1.82, 2.24) is 10.2 Å². The van der Waals surface area contributed by atoms with Crippen LogP contribution >= 0.6 is 0 Å². The number of nitrogens with one attached hydrogen (secondary N) is 1. The zero-order valence-electron chi connectivity index (χ0n) is 17.9. The molecule has 2 fully saturated rings. The third-order valence-electron chi connectivity index (χ3n) is 6.16. The van der Waals surface area contributed by atoms with E-state index in [1.54, 1.807) is 0 Å². The van der Waals surface area contributed by atoms with Crippen LogP contribution in [-0.4, -0.2) is 69.0 Å². The molecule has 1 aromatic rings. The molecule has 0 aromatic heterocycles. The Morgan fingerprint density at radius 2 is 1.90 bits per heavy atom. The average Bonchev–Trinajstić information content (AvgIpc) is 3.30. The van der Waals surface area contributed by atoms with Crippen molar-refractivity contribution in [3.05, 3.63) is 29.8 Å². The number of nitrogens with zero attached hydrogens (tertiary/aromatic N) is 1. The molecule has 1 amide bonds. The van der Waals surface area contributed by atoms with Crippen molar-refractivity contribution in [2.24, 2.45) is 5.92 Å². The van der Waals surface area contributed by atoms with Gasteiger partial charge in [-0.15, -0.1) is 0 Å². The van der Waals surface area contributed by atoms with Gasteiger partial charge in [-0.1, -0.05) is 26.7 Å². The first-order chi connectivity index (χ1) is 14.2. The van der Waals surface area contributed by atoms with Gasteiger partial charge in [0.1, 0.15) is 12.4 Å². The van der Waals surface area contributed by atoms with Crippen LogP contribution in [0.4, 0.5) is 0 Å². The second-order valence-electron chi connectivity index (χ2n) is 7.97. The summed E-state index contributed by atoms with van der Waals surface area (Å²) in [5, 5.41) is 3.16. The van der Waals surface area contributed by atoms with E-state index in [1.807, 2.05) is 24.3 Å². The Labute approximate surface area is 174 Å². The van der Waals surface area contributed by atoms with Gasteiger partial charge >= 0.3 is 0 Å². The lowest BCUT2D eigenvalue weighted by Gasteiger charge is -2.38. The Hall–Kier alpha value is -1.63. The topological polar surface area (TPSA) is 60.0 Å². The molecule has 3 rings (SSSR count). The van der Waals surface area contributed by atoms with Crippen LogP contribution in [0.5, 0.6) is 5.75 Å². The number of amides is 1. The number of benzene rings is 1. The Kier molecular flexibility index (Phi) is 8.77. The van der Waals surface area contributed by atoms with Crippen LogP contribution in [0, 0.1) is 5.92 Å². The van der Waals surface area contributed by atoms with E-state index >= 15 is 0 Å². The summed E-state index contributed by atoms with van der Waals surface area (Å²) in [6, 6.07) is 7.75. The van der Waals surface area contributed by atoms with E-state index in [0.29, 0.717) is 30.7 Å². The van der Waals surface area contributed by atoms with Crippen molar-refractivity contribution in [2.45, 2.75) is 51.7 Å². The highest BCUT2D eigenvalue weighted by molar-refractivity contribution is 5.94. The highest BCUT2D eigenvalue weighted by Crippen LogP contribution is 2.20. The molecule has 6 nitrogen and oxygen atoms in total. The number of carbonyl (C=O) groups excluding carboxylic acids is 1. The van der Waals surface area contributed by atoms with Crippen molar-refractivity contribution in [3.8, 4) is 5.75 Å². The van der Waals surface area contributed by atoms with E-state index in [2.05, 4.69) is 24.1 Å². The maximum absolute atomic E-state index is 12.7. The van der Waals surface area contributed by atoms with Gasteiger partial charge in [-0.3, -0.25) is 9.69 Å². The van der Waals surface area contributed by atoms with Gasteiger partial charge in [-0.25, -0.2) is 0 Å². The molecule has 2 aliphatic heterocycles. The smallest absolute Gasteiger partial charge is 0.251 e. The summed E-state index contributed by atoms with van der Waals surface area (Å²) in [6.45, 7) is 9.97. The van der Waals surface area contributed by atoms with E-state index < -0.39 is 0 Å². The quantitative estimate of drug-likeness (QED) is 0.649. The van der Waals surface area contributed by atoms with Crippen molar-refractivity contribution in [3.63, 3.8) is 0 Å². The summed E-state index contributed by atoms with van der Waals surface area (Å²) >= 11 is 0. The lowest BCUT2D eigenvalue weighted by atomic mass is 9.92. The molecule has 1 aromatic carbocycles. The fourth-order valence-electron chi connectivity index (χ4n) is 4.30. The molecule has 2 heterocycles. The van der Waals surface area contributed by atoms with Crippen molar-refractivity contribution >= 4 is 5.91 Å². The molecule has 0 saturated carbocycles. The summed E-state index contributed by atoms with van der Waals surface area (Å²) in [6.07, 6.45) is 4.59. The third-order valence-corrected chi connectivity index (χ3v) is 6.16. The van der Waals surface area contributed by atoms with E-state index in [-0.39, 0.29) is 12.0 Å². The molecule has 0 radical (unpaired) electrons. The fourth-order valence-corrected chi connectivity index (χ4v) is 4.30. The van der Waals surface area contributed by atoms with Crippen LogP contribution in [0.3, 0.4) is 0 Å². The number of ether oxygens (including phenoxy) is 3. The minimum atomic E-state index is -0.0279. The van der Waals surface area contributed by atoms with Crippen molar-refractivity contribution in [1.29, 1.82) is 0 Å². The normalized spacial score (nSPS) is 21.3. The van der Waals surface area contributed by atoms with E-state index in [0.717, 1.165) is 64.3 Å². The maximum atomic E-state index is 12.7. The van der Waals surface area contributed by atoms with Crippen molar-refractivity contribution < 1.29 is 19.0 Å². The number of hydrogen-bond acceptors (Lipinski definition) is 5. The van der Waals surface area contributed by atoms with Gasteiger partial charge in [0.15, 0.2) is 0 Å². The average molecular weight is 405 g/mol. The fraction of sp³-hybridized carbons (Fsp3) is 0.696. The van der Waals surface area contributed by atoms with Crippen LogP contribution < -0.4 is 10.1 Å². The number of rotatable bonds is 10. The molecule has 0 spiro atoms. The minimum Gasteiger partial charge on any atom is -0.491 e. The predicted octanol–water partition coefficient (Wildman–Crippen LogP) is 3.11. The molecular weight excluding hydrogens is 368 g/mol. The Morgan fingerprint density at radius 3 is 2.52 bits per heavy atom. The molecule has 2 atom stereocenters. The molecule has 29 heavy (non-hydrogen) atoms. The molecule has 2 aliphatic rings. The highest BCUT2D eigenvalue weighted by Gasteiger charge is 2.27. The van der Waals surface area contributed by atoms with E-state index in [1.165, 1.54) is 0 Å². The van der Waals surface area contributed by atoms with Crippen LogP contribution in [-0.2, 0) is 9.47 Å². The second kappa shape index (κ2) is 11.5. The summed E-state index contributed by atoms with van der Waals surface area (Å²) in [4.78, 5) is 15.2. The molecular formula is C23H36N2O4. The maximum Gasteiger partial charge on any atom is 0.251 e. The summed E-state index contributed by atoms with van der Waals surface area (Å²) in [5.74, 6) is 1.32. The van der Waals surface area contributed by atoms with Crippen LogP contribution in [0.2, 0.25) is 0 Å². The standard InChI is InChI=1S/C23H36N2O4/c1-3-18(4-2)22(25-11-14-27-15-12-25)16-24-23(26)19-7-9-20(10-8-19)29-17-21-6-5-13-28-21/h7-10,18,21-22H,3-6,11-17H2,1-2H3,(H,24,26). The number of carbonyl (C=O) groups is 1. The first kappa shape index (κ1) is 22.1. The predicted molar refractivity (Wildman–Crippen MR) is 113 cm³/mol. The Bertz CT molecular complexity index is 606. The molecule has 0 bridgehead atoms. The monoisotopic (exact) mass is 404 g/mol.